The van der Waals surface area contributed by atoms with E-state index in [0.717, 1.165) is 45.3 Å². The van der Waals surface area contributed by atoms with Crippen molar-refractivity contribution in [2.24, 2.45) is 0 Å². The summed E-state index contributed by atoms with van der Waals surface area (Å²) in [7, 11) is 3.24. The number of halogens is 2. The zero-order valence-electron chi connectivity index (χ0n) is 36.6. The lowest BCUT2D eigenvalue weighted by Gasteiger charge is -2.19. The molecule has 0 aliphatic carbocycles. The van der Waals surface area contributed by atoms with E-state index in [1.807, 2.05) is 102 Å². The van der Waals surface area contributed by atoms with Gasteiger partial charge in [0.05, 0.1) is 72.4 Å². The third-order valence-electron chi connectivity index (χ3n) is 9.85. The molecule has 64 heavy (non-hydrogen) atoms. The van der Waals surface area contributed by atoms with Crippen molar-refractivity contribution in [1.29, 1.82) is 0 Å². The van der Waals surface area contributed by atoms with Crippen LogP contribution in [-0.4, -0.2) is 63.5 Å². The molecular weight excluding hydrogens is 851 g/mol. The minimum absolute atomic E-state index is 0.341. The number of benzene rings is 4. The first-order valence-corrected chi connectivity index (χ1v) is 20.9. The number of imidazole rings is 2. The fourth-order valence-electron chi connectivity index (χ4n) is 6.51. The maximum absolute atomic E-state index is 10.6. The molecule has 0 aliphatic rings. The number of aryl methyl sites for hydroxylation is 2. The van der Waals surface area contributed by atoms with E-state index in [-0.39, 0.29) is 0 Å². The van der Waals surface area contributed by atoms with Crippen molar-refractivity contribution in [3.05, 3.63) is 155 Å². The molecule has 0 bridgehead atoms. The molecule has 14 nitrogen and oxygen atoms in total. The van der Waals surface area contributed by atoms with Crippen LogP contribution >= 0.6 is 23.2 Å². The lowest BCUT2D eigenvalue weighted by atomic mass is 10.0. The fraction of sp³-hybridized carbons (Fsp3) is 0.208. The van der Waals surface area contributed by atoms with Crippen molar-refractivity contribution in [2.45, 2.75) is 52.7 Å². The van der Waals surface area contributed by atoms with Crippen LogP contribution in [0.1, 0.15) is 50.5 Å². The molecule has 8 rings (SSSR count). The van der Waals surface area contributed by atoms with Gasteiger partial charge in [-0.3, -0.25) is 0 Å². The van der Waals surface area contributed by atoms with Crippen molar-refractivity contribution in [1.82, 2.24) is 39.0 Å². The van der Waals surface area contributed by atoms with E-state index in [2.05, 4.69) is 40.5 Å². The standard InChI is InChI=1S/2C24H24ClN5O2/c1-15-13-30(14-26-15)20-10-9-18(11-21(20)32-4)27-23-28-19(12-22(29-23)24(2,3)31)16-5-7-17(25)8-6-16;1-15-13-30(14-26-15)20-10-9-16(11-21(20)32-4)27-23-28-19(12-22(29-23)24(2,3)31)17-7-5-6-8-18(17)25/h2*5-14,31H,1-4H3,(H,27,28,29). The Kier molecular flexibility index (Phi) is 13.3. The van der Waals surface area contributed by atoms with Crippen LogP contribution in [0.5, 0.6) is 11.5 Å². The number of hydrogen-bond donors (Lipinski definition) is 4. The molecule has 8 aromatic rings. The number of rotatable bonds is 12. The smallest absolute Gasteiger partial charge is 0.228 e. The van der Waals surface area contributed by atoms with Crippen molar-refractivity contribution in [3.63, 3.8) is 0 Å². The molecular formula is C48H48Cl2N10O4. The van der Waals surface area contributed by atoms with E-state index in [1.54, 1.807) is 84.9 Å². The molecule has 0 spiro atoms. The van der Waals surface area contributed by atoms with Crippen molar-refractivity contribution < 1.29 is 19.7 Å². The summed E-state index contributed by atoms with van der Waals surface area (Å²) >= 11 is 12.4. The molecule has 0 radical (unpaired) electrons. The molecule has 4 heterocycles. The number of anilines is 4. The molecule has 0 unspecified atom stereocenters. The average molecular weight is 900 g/mol. The Morgan fingerprint density at radius 1 is 0.578 bits per heavy atom. The van der Waals surface area contributed by atoms with Crippen LogP contribution in [0, 0.1) is 13.8 Å². The summed E-state index contributed by atoms with van der Waals surface area (Å²) in [6, 6.07) is 29.7. The van der Waals surface area contributed by atoms with Crippen molar-refractivity contribution >= 4 is 46.5 Å². The maximum atomic E-state index is 10.6. The molecule has 0 atom stereocenters. The second-order valence-electron chi connectivity index (χ2n) is 15.9. The Hall–Kier alpha value is -6.84. The molecule has 0 saturated heterocycles. The number of aromatic nitrogens is 8. The normalized spacial score (nSPS) is 11.4. The molecule has 328 valence electrons. The quantitative estimate of drug-likeness (QED) is 0.0917. The Balaban J connectivity index is 0.000000191. The number of hydrogen-bond acceptors (Lipinski definition) is 12. The summed E-state index contributed by atoms with van der Waals surface area (Å²) in [5.41, 5.74) is 6.64. The van der Waals surface area contributed by atoms with Gasteiger partial charge in [-0.2, -0.15) is 0 Å². The van der Waals surface area contributed by atoms with Gasteiger partial charge in [-0.05, 0) is 96.1 Å². The van der Waals surface area contributed by atoms with Gasteiger partial charge >= 0.3 is 0 Å². The highest BCUT2D eigenvalue weighted by atomic mass is 35.5. The molecule has 0 saturated carbocycles. The second kappa shape index (κ2) is 18.9. The van der Waals surface area contributed by atoms with E-state index in [9.17, 15) is 10.2 Å². The van der Waals surface area contributed by atoms with Crippen LogP contribution in [-0.2, 0) is 11.2 Å². The highest BCUT2D eigenvalue weighted by Gasteiger charge is 2.23. The number of aliphatic hydroxyl groups is 2. The van der Waals surface area contributed by atoms with Crippen LogP contribution < -0.4 is 20.1 Å². The third-order valence-corrected chi connectivity index (χ3v) is 10.4. The zero-order valence-corrected chi connectivity index (χ0v) is 38.1. The minimum atomic E-state index is -1.16. The van der Waals surface area contributed by atoms with E-state index < -0.39 is 11.2 Å². The van der Waals surface area contributed by atoms with Crippen LogP contribution in [0.4, 0.5) is 23.3 Å². The van der Waals surface area contributed by atoms with E-state index in [4.69, 9.17) is 32.7 Å². The molecule has 4 aromatic heterocycles. The summed E-state index contributed by atoms with van der Waals surface area (Å²) < 4.78 is 15.0. The first-order valence-electron chi connectivity index (χ1n) is 20.1. The van der Waals surface area contributed by atoms with Gasteiger partial charge in [-0.15, -0.1) is 0 Å². The minimum Gasteiger partial charge on any atom is -0.494 e. The molecule has 0 aliphatic heterocycles. The molecule has 0 fully saturated rings. The lowest BCUT2D eigenvalue weighted by Crippen LogP contribution is -2.19. The van der Waals surface area contributed by atoms with Crippen LogP contribution in [0.2, 0.25) is 10.0 Å². The van der Waals surface area contributed by atoms with Crippen LogP contribution in [0.15, 0.2) is 122 Å². The van der Waals surface area contributed by atoms with Gasteiger partial charge in [0.1, 0.15) is 22.7 Å². The van der Waals surface area contributed by atoms with Gasteiger partial charge in [0, 0.05) is 57.1 Å². The Morgan fingerprint density at radius 3 is 1.48 bits per heavy atom. The largest absolute Gasteiger partial charge is 0.494 e. The first-order chi connectivity index (χ1) is 30.5. The summed E-state index contributed by atoms with van der Waals surface area (Å²) in [6.07, 6.45) is 7.34. The Morgan fingerprint density at radius 2 is 1.05 bits per heavy atom. The van der Waals surface area contributed by atoms with Gasteiger partial charge in [-0.25, -0.2) is 29.9 Å². The molecule has 0 amide bonds. The van der Waals surface area contributed by atoms with E-state index in [0.29, 0.717) is 56.2 Å². The summed E-state index contributed by atoms with van der Waals surface area (Å²) in [6.45, 7) is 10.6. The first kappa shape index (κ1) is 45.2. The third kappa shape index (κ3) is 10.8. The number of methoxy groups -OCH3 is 2. The summed E-state index contributed by atoms with van der Waals surface area (Å²) in [5, 5.41) is 28.8. The van der Waals surface area contributed by atoms with Crippen LogP contribution in [0.25, 0.3) is 33.9 Å². The zero-order chi connectivity index (χ0) is 45.8. The predicted molar refractivity (Wildman–Crippen MR) is 252 cm³/mol. The fourth-order valence-corrected chi connectivity index (χ4v) is 6.87. The monoisotopic (exact) mass is 898 g/mol. The van der Waals surface area contributed by atoms with E-state index in [1.165, 1.54) is 0 Å². The average Bonchev–Trinajstić information content (AvgIpc) is 3.91. The summed E-state index contributed by atoms with van der Waals surface area (Å²) in [5.74, 6) is 2.04. The number of ether oxygens (including phenoxy) is 2. The SMILES string of the molecule is COc1cc(Nc2nc(-c3ccc(Cl)cc3)cc(C(C)(C)O)n2)ccc1-n1cnc(C)c1.COc1cc(Nc2nc(-c3ccccc3Cl)cc(C(C)(C)O)n2)ccc1-n1cnc(C)c1. The van der Waals surface area contributed by atoms with Crippen LogP contribution in [0.3, 0.4) is 0 Å². The van der Waals surface area contributed by atoms with Gasteiger partial charge in [-0.1, -0.05) is 53.5 Å². The number of nitrogens with zero attached hydrogens (tertiary/aromatic N) is 8. The second-order valence-corrected chi connectivity index (χ2v) is 16.7. The van der Waals surface area contributed by atoms with Crippen molar-refractivity contribution in [3.8, 4) is 45.4 Å². The van der Waals surface area contributed by atoms with Gasteiger partial charge in [0.15, 0.2) is 0 Å². The molecule has 4 N–H and O–H groups in total. The van der Waals surface area contributed by atoms with Crippen molar-refractivity contribution in [2.75, 3.05) is 24.9 Å². The van der Waals surface area contributed by atoms with Gasteiger partial charge < -0.3 is 39.5 Å². The highest BCUT2D eigenvalue weighted by Crippen LogP contribution is 2.34. The Bertz CT molecular complexity index is 2900. The van der Waals surface area contributed by atoms with Gasteiger partial charge in [0.25, 0.3) is 0 Å². The predicted octanol–water partition coefficient (Wildman–Crippen LogP) is 10.5. The van der Waals surface area contributed by atoms with Gasteiger partial charge in [0.2, 0.25) is 11.9 Å². The molecule has 16 heteroatoms. The highest BCUT2D eigenvalue weighted by molar-refractivity contribution is 6.33. The molecule has 4 aromatic carbocycles. The topological polar surface area (TPSA) is 170 Å². The summed E-state index contributed by atoms with van der Waals surface area (Å²) in [4.78, 5) is 26.9. The van der Waals surface area contributed by atoms with E-state index >= 15 is 0 Å². The lowest BCUT2D eigenvalue weighted by molar-refractivity contribution is 0.0734. The number of nitrogens with one attached hydrogen (secondary N) is 2. The maximum Gasteiger partial charge on any atom is 0.228 e. The Labute approximate surface area is 381 Å².